The van der Waals surface area contributed by atoms with Gasteiger partial charge in [0.15, 0.2) is 5.82 Å². The van der Waals surface area contributed by atoms with Gasteiger partial charge in [0.2, 0.25) is 0 Å². The molecule has 0 radical (unpaired) electrons. The minimum Gasteiger partial charge on any atom is -0.366 e. The topological polar surface area (TPSA) is 79.8 Å². The Hall–Kier alpha value is -2.21. The van der Waals surface area contributed by atoms with E-state index in [4.69, 9.17) is 11.6 Å². The Morgan fingerprint density at radius 1 is 1.38 bits per heavy atom. The van der Waals surface area contributed by atoms with E-state index in [1.54, 1.807) is 19.1 Å². The first kappa shape index (κ1) is 13.8. The number of rotatable bonds is 4. The Kier molecular flexibility index (Phi) is 3.70. The molecule has 0 unspecified atom stereocenters. The van der Waals surface area contributed by atoms with Crippen molar-refractivity contribution in [3.8, 4) is 0 Å². The normalized spacial score (nSPS) is 13.8. The number of aromatic nitrogens is 3. The van der Waals surface area contributed by atoms with Gasteiger partial charge in [-0.15, -0.1) is 0 Å². The van der Waals surface area contributed by atoms with Crippen LogP contribution >= 0.6 is 11.6 Å². The molecule has 1 saturated carbocycles. The smallest absolute Gasteiger partial charge is 0.259 e. The molecular weight excluding hydrogens is 290 g/mol. The van der Waals surface area contributed by atoms with Crippen LogP contribution in [0.4, 0.5) is 11.5 Å². The highest BCUT2D eigenvalue weighted by Crippen LogP contribution is 2.29. The van der Waals surface area contributed by atoms with Crippen LogP contribution in [0.2, 0.25) is 5.15 Å². The second-order valence-electron chi connectivity index (χ2n) is 4.92. The van der Waals surface area contributed by atoms with Crippen molar-refractivity contribution >= 4 is 29.0 Å². The maximum Gasteiger partial charge on any atom is 0.259 e. The molecule has 0 bridgehead atoms. The summed E-state index contributed by atoms with van der Waals surface area (Å²) in [5.74, 6) is 0.323. The molecule has 21 heavy (non-hydrogen) atoms. The molecule has 6 nitrogen and oxygen atoms in total. The molecule has 0 aliphatic heterocycles. The van der Waals surface area contributed by atoms with E-state index in [9.17, 15) is 4.79 Å². The van der Waals surface area contributed by atoms with Gasteiger partial charge in [-0.1, -0.05) is 11.6 Å². The lowest BCUT2D eigenvalue weighted by Crippen LogP contribution is -2.16. The fourth-order valence-corrected chi connectivity index (χ4v) is 2.02. The highest BCUT2D eigenvalue weighted by Gasteiger charge is 2.23. The fourth-order valence-electron chi connectivity index (χ4n) is 1.87. The first-order valence-electron chi connectivity index (χ1n) is 6.64. The number of amides is 1. The summed E-state index contributed by atoms with van der Waals surface area (Å²) < 4.78 is 0. The van der Waals surface area contributed by atoms with Gasteiger partial charge < -0.3 is 10.6 Å². The van der Waals surface area contributed by atoms with Crippen molar-refractivity contribution < 1.29 is 4.79 Å². The average Bonchev–Trinajstić information content (AvgIpc) is 3.26. The Morgan fingerprint density at radius 2 is 2.19 bits per heavy atom. The van der Waals surface area contributed by atoms with Crippen LogP contribution in [0.25, 0.3) is 0 Å². The second-order valence-corrected chi connectivity index (χ2v) is 5.31. The highest BCUT2D eigenvalue weighted by molar-refractivity contribution is 6.29. The van der Waals surface area contributed by atoms with Crippen LogP contribution in [0.1, 0.15) is 28.9 Å². The van der Waals surface area contributed by atoms with Gasteiger partial charge in [0.1, 0.15) is 11.5 Å². The SMILES string of the molecule is Cc1ncncc1C(=O)Nc1ccc(Cl)nc1NC1CC1. The van der Waals surface area contributed by atoms with Crippen LogP contribution in [-0.4, -0.2) is 26.9 Å². The Labute approximate surface area is 127 Å². The molecule has 108 valence electrons. The number of hydrogen-bond donors (Lipinski definition) is 2. The van der Waals surface area contributed by atoms with Gasteiger partial charge in [-0.05, 0) is 31.9 Å². The molecule has 1 aliphatic carbocycles. The van der Waals surface area contributed by atoms with Gasteiger partial charge >= 0.3 is 0 Å². The zero-order valence-electron chi connectivity index (χ0n) is 11.4. The van der Waals surface area contributed by atoms with Crippen LogP contribution in [0, 0.1) is 6.92 Å². The van der Waals surface area contributed by atoms with Gasteiger partial charge in [-0.25, -0.2) is 15.0 Å². The summed E-state index contributed by atoms with van der Waals surface area (Å²) in [4.78, 5) is 24.4. The van der Waals surface area contributed by atoms with Crippen molar-refractivity contribution in [3.05, 3.63) is 41.1 Å². The summed E-state index contributed by atoms with van der Waals surface area (Å²) in [6.07, 6.45) is 5.12. The van der Waals surface area contributed by atoms with E-state index in [1.165, 1.54) is 12.5 Å². The second kappa shape index (κ2) is 5.65. The van der Waals surface area contributed by atoms with Crippen LogP contribution in [0.5, 0.6) is 0 Å². The van der Waals surface area contributed by atoms with E-state index in [2.05, 4.69) is 25.6 Å². The molecule has 1 fully saturated rings. The maximum absolute atomic E-state index is 12.3. The molecule has 0 saturated heterocycles. The van der Waals surface area contributed by atoms with Crippen molar-refractivity contribution in [3.63, 3.8) is 0 Å². The van der Waals surface area contributed by atoms with Crippen molar-refractivity contribution in [1.29, 1.82) is 0 Å². The molecule has 2 N–H and O–H groups in total. The average molecular weight is 304 g/mol. The number of nitrogens with zero attached hydrogens (tertiary/aromatic N) is 3. The van der Waals surface area contributed by atoms with Crippen molar-refractivity contribution in [2.24, 2.45) is 0 Å². The lowest BCUT2D eigenvalue weighted by Gasteiger charge is -2.12. The summed E-state index contributed by atoms with van der Waals surface area (Å²) in [5, 5.41) is 6.47. The summed E-state index contributed by atoms with van der Waals surface area (Å²) in [6, 6.07) is 3.79. The zero-order valence-corrected chi connectivity index (χ0v) is 12.2. The standard InChI is InChI=1S/C14H14ClN5O/c1-8-10(6-16-7-17-8)14(21)19-11-4-5-12(15)20-13(11)18-9-2-3-9/h4-7,9H,2-3H2,1H3,(H,18,20)(H,19,21). The van der Waals surface area contributed by atoms with Gasteiger partial charge in [-0.2, -0.15) is 0 Å². The Bertz CT molecular complexity index is 687. The highest BCUT2D eigenvalue weighted by atomic mass is 35.5. The van der Waals surface area contributed by atoms with E-state index >= 15 is 0 Å². The summed E-state index contributed by atoms with van der Waals surface area (Å²) in [7, 11) is 0. The number of nitrogens with one attached hydrogen (secondary N) is 2. The number of carbonyl (C=O) groups is 1. The molecular formula is C14H14ClN5O. The lowest BCUT2D eigenvalue weighted by molar-refractivity contribution is 0.102. The van der Waals surface area contributed by atoms with Gasteiger partial charge in [-0.3, -0.25) is 4.79 Å². The van der Waals surface area contributed by atoms with Crippen LogP contribution < -0.4 is 10.6 Å². The minimum absolute atomic E-state index is 0.268. The number of aryl methyl sites for hydroxylation is 1. The molecule has 1 aliphatic rings. The van der Waals surface area contributed by atoms with Gasteiger partial charge in [0, 0.05) is 12.2 Å². The largest absolute Gasteiger partial charge is 0.366 e. The van der Waals surface area contributed by atoms with Gasteiger partial charge in [0.05, 0.1) is 16.9 Å². The summed E-state index contributed by atoms with van der Waals surface area (Å²) in [5.41, 5.74) is 1.66. The van der Waals surface area contributed by atoms with E-state index in [0.717, 1.165) is 12.8 Å². The Balaban J connectivity index is 1.83. The van der Waals surface area contributed by atoms with Crippen LogP contribution in [0.15, 0.2) is 24.7 Å². The Morgan fingerprint density at radius 3 is 2.90 bits per heavy atom. The molecule has 2 aromatic rings. The first-order chi connectivity index (χ1) is 10.1. The predicted octanol–water partition coefficient (Wildman–Crippen LogP) is 2.66. The molecule has 3 rings (SSSR count). The fraction of sp³-hybridized carbons (Fsp3) is 0.286. The summed E-state index contributed by atoms with van der Waals surface area (Å²) in [6.45, 7) is 1.76. The van der Waals surface area contributed by atoms with E-state index in [-0.39, 0.29) is 5.91 Å². The molecule has 2 heterocycles. The maximum atomic E-state index is 12.3. The van der Waals surface area contributed by atoms with Crippen LogP contribution in [0.3, 0.4) is 0 Å². The van der Waals surface area contributed by atoms with Gasteiger partial charge in [0.25, 0.3) is 5.91 Å². The monoisotopic (exact) mass is 303 g/mol. The van der Waals surface area contributed by atoms with Crippen molar-refractivity contribution in [2.75, 3.05) is 10.6 Å². The molecule has 2 aromatic heterocycles. The lowest BCUT2D eigenvalue weighted by atomic mass is 10.2. The number of halogens is 1. The number of pyridine rings is 1. The van der Waals surface area contributed by atoms with E-state index < -0.39 is 0 Å². The third-order valence-corrected chi connectivity index (χ3v) is 3.39. The van der Waals surface area contributed by atoms with Crippen molar-refractivity contribution in [1.82, 2.24) is 15.0 Å². The molecule has 1 amide bonds. The van der Waals surface area contributed by atoms with E-state index in [0.29, 0.717) is 34.0 Å². The van der Waals surface area contributed by atoms with E-state index in [1.807, 2.05) is 0 Å². The van der Waals surface area contributed by atoms with Crippen molar-refractivity contribution in [2.45, 2.75) is 25.8 Å². The third kappa shape index (κ3) is 3.28. The molecule has 0 spiro atoms. The predicted molar refractivity (Wildman–Crippen MR) is 80.6 cm³/mol. The first-order valence-corrected chi connectivity index (χ1v) is 7.02. The molecule has 7 heteroatoms. The quantitative estimate of drug-likeness (QED) is 0.849. The molecule has 0 aromatic carbocycles. The summed E-state index contributed by atoms with van der Waals surface area (Å²) >= 11 is 5.92. The number of carbonyl (C=O) groups excluding carboxylic acids is 1. The third-order valence-electron chi connectivity index (χ3n) is 3.18. The number of hydrogen-bond acceptors (Lipinski definition) is 5. The minimum atomic E-state index is -0.268. The number of anilines is 2. The van der Waals surface area contributed by atoms with Crippen LogP contribution in [-0.2, 0) is 0 Å². The zero-order chi connectivity index (χ0) is 14.8. The molecule has 0 atom stereocenters.